The van der Waals surface area contributed by atoms with Crippen molar-refractivity contribution in [1.29, 1.82) is 0 Å². The van der Waals surface area contributed by atoms with Gasteiger partial charge in [-0.2, -0.15) is 0 Å². The molecule has 0 heterocycles. The molecule has 0 saturated heterocycles. The van der Waals surface area contributed by atoms with Crippen LogP contribution in [0.2, 0.25) is 0 Å². The molecule has 0 spiro atoms. The molecule has 1 atom stereocenters. The van der Waals surface area contributed by atoms with Gasteiger partial charge in [-0.15, -0.1) is 0 Å². The van der Waals surface area contributed by atoms with Gasteiger partial charge < -0.3 is 0 Å². The van der Waals surface area contributed by atoms with Gasteiger partial charge in [0, 0.05) is 5.56 Å². The van der Waals surface area contributed by atoms with Crippen LogP contribution in [0.1, 0.15) is 41.5 Å². The zero-order valence-electron chi connectivity index (χ0n) is 15.5. The maximum absolute atomic E-state index is 14.7. The summed E-state index contributed by atoms with van der Waals surface area (Å²) in [6, 6.07) is 11.9. The fourth-order valence-corrected chi connectivity index (χ4v) is 4.05. The fraction of sp³-hybridized carbons (Fsp3) is 0.250. The predicted octanol–water partition coefficient (Wildman–Crippen LogP) is 6.74. The van der Waals surface area contributed by atoms with Crippen molar-refractivity contribution in [3.63, 3.8) is 0 Å². The van der Waals surface area contributed by atoms with Crippen LogP contribution in [0.4, 0.5) is 17.6 Å². The second-order valence-corrected chi connectivity index (χ2v) is 7.38. The summed E-state index contributed by atoms with van der Waals surface area (Å²) in [5.41, 5.74) is 4.02. The van der Waals surface area contributed by atoms with Gasteiger partial charge in [-0.25, -0.2) is 17.6 Å². The van der Waals surface area contributed by atoms with E-state index < -0.39 is 17.5 Å². The number of hydrogen-bond donors (Lipinski definition) is 0. The summed E-state index contributed by atoms with van der Waals surface area (Å²) in [5, 5.41) is 0. The Morgan fingerprint density at radius 3 is 2.32 bits per heavy atom. The number of rotatable bonds is 3. The Morgan fingerprint density at radius 2 is 1.61 bits per heavy atom. The zero-order valence-corrected chi connectivity index (χ0v) is 15.5. The fourth-order valence-electron chi connectivity index (χ4n) is 4.05. The van der Waals surface area contributed by atoms with Crippen molar-refractivity contribution >= 4 is 0 Å². The molecule has 0 N–H and O–H groups in total. The summed E-state index contributed by atoms with van der Waals surface area (Å²) in [6.45, 7) is 1.98. The second-order valence-electron chi connectivity index (χ2n) is 7.38. The summed E-state index contributed by atoms with van der Waals surface area (Å²) >= 11 is 0. The Kier molecular flexibility index (Phi) is 4.96. The molecule has 0 nitrogen and oxygen atoms in total. The molecule has 0 amide bonds. The first kappa shape index (κ1) is 18.7. The van der Waals surface area contributed by atoms with Gasteiger partial charge in [-0.1, -0.05) is 25.1 Å². The first-order valence-electron chi connectivity index (χ1n) is 9.51. The quantitative estimate of drug-likeness (QED) is 0.439. The van der Waals surface area contributed by atoms with Crippen LogP contribution in [0, 0.1) is 23.3 Å². The molecular formula is C24H20F4. The summed E-state index contributed by atoms with van der Waals surface area (Å²) < 4.78 is 55.9. The SMILES string of the molecule is CCc1ccc(C2CCc3cc(-c4ccc(F)c(F)c4)c(F)cc3C2)c(F)c1. The van der Waals surface area contributed by atoms with E-state index in [0.29, 0.717) is 24.0 Å². The lowest BCUT2D eigenvalue weighted by Crippen LogP contribution is -2.15. The van der Waals surface area contributed by atoms with Gasteiger partial charge in [0.15, 0.2) is 11.6 Å². The molecule has 0 radical (unpaired) electrons. The van der Waals surface area contributed by atoms with Gasteiger partial charge in [0.1, 0.15) is 11.6 Å². The van der Waals surface area contributed by atoms with Crippen molar-refractivity contribution in [2.45, 2.75) is 38.5 Å². The first-order valence-corrected chi connectivity index (χ1v) is 9.51. The van der Waals surface area contributed by atoms with Crippen LogP contribution >= 0.6 is 0 Å². The number of benzene rings is 3. The van der Waals surface area contributed by atoms with Crippen LogP contribution in [-0.2, 0) is 19.3 Å². The molecule has 4 heteroatoms. The third-order valence-corrected chi connectivity index (χ3v) is 5.66. The van der Waals surface area contributed by atoms with Gasteiger partial charge in [0.05, 0.1) is 0 Å². The zero-order chi connectivity index (χ0) is 19.8. The van der Waals surface area contributed by atoms with Crippen molar-refractivity contribution in [3.8, 4) is 11.1 Å². The highest BCUT2D eigenvalue weighted by Gasteiger charge is 2.24. The van der Waals surface area contributed by atoms with Crippen molar-refractivity contribution in [2.75, 3.05) is 0 Å². The Morgan fingerprint density at radius 1 is 0.786 bits per heavy atom. The molecule has 0 fully saturated rings. The van der Waals surface area contributed by atoms with E-state index in [9.17, 15) is 17.6 Å². The number of aryl methyl sites for hydroxylation is 2. The average Bonchev–Trinajstić information content (AvgIpc) is 2.69. The molecule has 0 aliphatic heterocycles. The van der Waals surface area contributed by atoms with E-state index in [-0.39, 0.29) is 17.3 Å². The van der Waals surface area contributed by atoms with Crippen molar-refractivity contribution in [1.82, 2.24) is 0 Å². The van der Waals surface area contributed by atoms with Crippen LogP contribution in [-0.4, -0.2) is 0 Å². The molecule has 144 valence electrons. The average molecular weight is 384 g/mol. The molecule has 3 aromatic carbocycles. The molecule has 4 rings (SSSR count). The van der Waals surface area contributed by atoms with E-state index in [1.807, 2.05) is 19.1 Å². The Labute approximate surface area is 161 Å². The molecule has 3 aromatic rings. The molecule has 1 aliphatic carbocycles. The third kappa shape index (κ3) is 3.44. The summed E-state index contributed by atoms with van der Waals surface area (Å²) in [6.07, 6.45) is 2.79. The van der Waals surface area contributed by atoms with Crippen LogP contribution in [0.5, 0.6) is 0 Å². The lowest BCUT2D eigenvalue weighted by Gasteiger charge is -2.26. The Balaban J connectivity index is 1.65. The maximum atomic E-state index is 14.7. The van der Waals surface area contributed by atoms with Gasteiger partial charge >= 0.3 is 0 Å². The Bertz CT molecular complexity index is 1040. The van der Waals surface area contributed by atoms with Crippen LogP contribution < -0.4 is 0 Å². The standard InChI is InChI=1S/C24H20F4/c1-2-14-3-7-19(22(26)9-14)16-5-4-15-11-20(23(27)13-18(15)10-16)17-6-8-21(25)24(28)12-17/h3,6-9,11-13,16H,2,4-5,10H2,1H3. The number of hydrogen-bond acceptors (Lipinski definition) is 0. The van der Waals surface area contributed by atoms with E-state index >= 15 is 0 Å². The van der Waals surface area contributed by atoms with Gasteiger partial charge in [0.2, 0.25) is 0 Å². The van der Waals surface area contributed by atoms with Crippen molar-refractivity contribution < 1.29 is 17.6 Å². The molecule has 0 saturated carbocycles. The van der Waals surface area contributed by atoms with E-state index in [1.165, 1.54) is 12.1 Å². The maximum Gasteiger partial charge on any atom is 0.159 e. The lowest BCUT2D eigenvalue weighted by atomic mass is 9.79. The largest absolute Gasteiger partial charge is 0.207 e. The molecule has 0 aromatic heterocycles. The molecule has 0 bridgehead atoms. The summed E-state index contributed by atoms with van der Waals surface area (Å²) in [7, 11) is 0. The van der Waals surface area contributed by atoms with E-state index in [4.69, 9.17) is 0 Å². The molecule has 1 aliphatic rings. The smallest absolute Gasteiger partial charge is 0.159 e. The number of halogens is 4. The number of fused-ring (bicyclic) bond motifs is 1. The normalized spacial score (nSPS) is 16.1. The van der Waals surface area contributed by atoms with Crippen LogP contribution in [0.25, 0.3) is 11.1 Å². The van der Waals surface area contributed by atoms with Crippen molar-refractivity contribution in [2.24, 2.45) is 0 Å². The topological polar surface area (TPSA) is 0 Å². The van der Waals surface area contributed by atoms with Crippen molar-refractivity contribution in [3.05, 3.63) is 94.1 Å². The lowest BCUT2D eigenvalue weighted by molar-refractivity contribution is 0.509. The minimum atomic E-state index is -0.999. The Hall–Kier alpha value is -2.62. The van der Waals surface area contributed by atoms with E-state index in [0.717, 1.165) is 41.7 Å². The second kappa shape index (κ2) is 7.42. The van der Waals surface area contributed by atoms with Gasteiger partial charge in [0.25, 0.3) is 0 Å². The first-order chi connectivity index (χ1) is 13.5. The molecular weight excluding hydrogens is 364 g/mol. The summed E-state index contributed by atoms with van der Waals surface area (Å²) in [5.74, 6) is -2.63. The van der Waals surface area contributed by atoms with E-state index in [2.05, 4.69) is 0 Å². The van der Waals surface area contributed by atoms with Crippen LogP contribution in [0.15, 0.2) is 48.5 Å². The highest BCUT2D eigenvalue weighted by molar-refractivity contribution is 5.66. The van der Waals surface area contributed by atoms with Gasteiger partial charge in [-0.3, -0.25) is 0 Å². The highest BCUT2D eigenvalue weighted by Crippen LogP contribution is 2.37. The monoisotopic (exact) mass is 384 g/mol. The highest BCUT2D eigenvalue weighted by atomic mass is 19.2. The third-order valence-electron chi connectivity index (χ3n) is 5.66. The van der Waals surface area contributed by atoms with E-state index in [1.54, 1.807) is 12.1 Å². The molecule has 28 heavy (non-hydrogen) atoms. The predicted molar refractivity (Wildman–Crippen MR) is 102 cm³/mol. The van der Waals surface area contributed by atoms with Crippen LogP contribution in [0.3, 0.4) is 0 Å². The molecule has 1 unspecified atom stereocenters. The summed E-state index contributed by atoms with van der Waals surface area (Å²) in [4.78, 5) is 0. The van der Waals surface area contributed by atoms with Gasteiger partial charge in [-0.05, 0) is 89.8 Å². The minimum Gasteiger partial charge on any atom is -0.207 e. The minimum absolute atomic E-state index is 0.00641.